The van der Waals surface area contributed by atoms with Crippen LogP contribution in [0.1, 0.15) is 59.8 Å². The van der Waals surface area contributed by atoms with Crippen LogP contribution in [0.5, 0.6) is 0 Å². The summed E-state index contributed by atoms with van der Waals surface area (Å²) in [6, 6.07) is 0. The maximum absolute atomic E-state index is 12.2. The Morgan fingerprint density at radius 2 is 1.95 bits per heavy atom. The van der Waals surface area contributed by atoms with Crippen LogP contribution < -0.4 is 0 Å². The monoisotopic (exact) mass is 394 g/mol. The van der Waals surface area contributed by atoms with Crippen LogP contribution in [0.2, 0.25) is 0 Å². The van der Waals surface area contributed by atoms with E-state index in [0.29, 0.717) is 12.2 Å². The van der Waals surface area contributed by atoms with Gasteiger partial charge in [-0.2, -0.15) is 12.6 Å². The van der Waals surface area contributed by atoms with Crippen LogP contribution >= 0.6 is 35.2 Å². The second-order valence-corrected chi connectivity index (χ2v) is 8.47. The second kappa shape index (κ2) is 6.08. The molecule has 2 aliphatic carbocycles. The zero-order valence-electron chi connectivity index (χ0n) is 12.6. The first kappa shape index (κ1) is 17.5. The molecule has 0 aromatic carbocycles. The van der Waals surface area contributed by atoms with Crippen LogP contribution in [0.4, 0.5) is 0 Å². The largest absolute Gasteiger partial charge is 0.299 e. The van der Waals surface area contributed by atoms with E-state index in [1.807, 2.05) is 0 Å². The van der Waals surface area contributed by atoms with Crippen molar-refractivity contribution in [2.24, 2.45) is 16.7 Å². The van der Waals surface area contributed by atoms with Crippen molar-refractivity contribution in [2.75, 3.05) is 0 Å². The van der Waals surface area contributed by atoms with E-state index in [0.717, 1.165) is 12.8 Å². The van der Waals surface area contributed by atoms with Gasteiger partial charge >= 0.3 is 0 Å². The first-order valence-corrected chi connectivity index (χ1v) is 8.85. The predicted molar refractivity (Wildman–Crippen MR) is 95.1 cm³/mol. The highest BCUT2D eigenvalue weighted by Crippen LogP contribution is 2.67. The highest BCUT2D eigenvalue weighted by atomic mass is 127. The molecular formula is C16H27IOS. The van der Waals surface area contributed by atoms with Gasteiger partial charge in [0.1, 0.15) is 5.78 Å². The fourth-order valence-corrected chi connectivity index (χ4v) is 5.18. The van der Waals surface area contributed by atoms with E-state index < -0.39 is 0 Å². The SMILES string of the molecule is C=CI.CCC1C(=O)CC2(S)CCCC(C)(C)[C@@]12C. The summed E-state index contributed by atoms with van der Waals surface area (Å²) in [5, 5.41) is 0. The van der Waals surface area contributed by atoms with E-state index in [1.54, 1.807) is 4.08 Å². The molecule has 2 rings (SSSR count). The number of hydrogen-bond donors (Lipinski definition) is 1. The van der Waals surface area contributed by atoms with E-state index in [1.165, 1.54) is 12.8 Å². The zero-order valence-corrected chi connectivity index (χ0v) is 15.7. The highest BCUT2D eigenvalue weighted by Gasteiger charge is 2.65. The molecular weight excluding hydrogens is 367 g/mol. The summed E-state index contributed by atoms with van der Waals surface area (Å²) in [6.07, 6.45) is 5.22. The number of carbonyl (C=O) groups excluding carboxylic acids is 1. The third-order valence-electron chi connectivity index (χ3n) is 5.73. The van der Waals surface area contributed by atoms with Gasteiger partial charge in [-0.1, -0.05) is 63.3 Å². The maximum Gasteiger partial charge on any atom is 0.137 e. The third kappa shape index (κ3) is 2.66. The number of hydrogen-bond acceptors (Lipinski definition) is 2. The van der Waals surface area contributed by atoms with Gasteiger partial charge in [0.15, 0.2) is 0 Å². The Labute approximate surface area is 137 Å². The molecule has 0 spiro atoms. The third-order valence-corrected chi connectivity index (χ3v) is 6.57. The van der Waals surface area contributed by atoms with E-state index in [9.17, 15) is 4.79 Å². The minimum Gasteiger partial charge on any atom is -0.299 e. The second-order valence-electron chi connectivity index (χ2n) is 6.73. The summed E-state index contributed by atoms with van der Waals surface area (Å²) < 4.78 is 1.67. The van der Waals surface area contributed by atoms with Gasteiger partial charge in [0.25, 0.3) is 0 Å². The Hall–Kier alpha value is 0.490. The lowest BCUT2D eigenvalue weighted by molar-refractivity contribution is -0.124. The number of rotatable bonds is 1. The van der Waals surface area contributed by atoms with Crippen molar-refractivity contribution in [2.45, 2.75) is 64.5 Å². The number of thiol groups is 1. The Balaban J connectivity index is 0.000000550. The maximum atomic E-state index is 12.2. The molecule has 0 amide bonds. The van der Waals surface area contributed by atoms with Gasteiger partial charge in [-0.3, -0.25) is 4.79 Å². The zero-order chi connectivity index (χ0) is 14.9. The fraction of sp³-hybridized carbons (Fsp3) is 0.812. The summed E-state index contributed by atoms with van der Waals surface area (Å²) in [4.78, 5) is 12.2. The van der Waals surface area contributed by atoms with Crippen LogP contribution in [0, 0.1) is 16.7 Å². The van der Waals surface area contributed by atoms with Crippen LogP contribution in [-0.2, 0) is 4.79 Å². The van der Waals surface area contributed by atoms with Crippen molar-refractivity contribution in [1.29, 1.82) is 0 Å². The molecule has 110 valence electrons. The normalized spacial score (nSPS) is 40.1. The molecule has 2 aliphatic rings. The molecule has 2 unspecified atom stereocenters. The van der Waals surface area contributed by atoms with E-state index in [2.05, 4.69) is 56.9 Å². The molecule has 2 saturated carbocycles. The fourth-order valence-electron chi connectivity index (χ4n) is 4.41. The van der Waals surface area contributed by atoms with Crippen LogP contribution in [0.3, 0.4) is 0 Å². The van der Waals surface area contributed by atoms with Gasteiger partial charge in [-0.05, 0) is 34.2 Å². The molecule has 0 heterocycles. The lowest BCUT2D eigenvalue weighted by Gasteiger charge is -2.57. The number of halogens is 1. The van der Waals surface area contributed by atoms with Gasteiger partial charge in [0.2, 0.25) is 0 Å². The standard InChI is InChI=1S/C14H24OS.C2H3I/c1-5-10-11(15)9-14(16)8-6-7-12(2,3)13(10,14)4;1-2-3/h10,16H,5-9H2,1-4H3;2H,1H2/t10?,13-,14?;/m1./s1. The summed E-state index contributed by atoms with van der Waals surface area (Å²) in [6.45, 7) is 12.5. The predicted octanol–water partition coefficient (Wildman–Crippen LogP) is 5.44. The minimum atomic E-state index is -0.0491. The van der Waals surface area contributed by atoms with Crippen LogP contribution in [0.15, 0.2) is 10.7 Å². The number of carbonyl (C=O) groups is 1. The summed E-state index contributed by atoms with van der Waals surface area (Å²) in [5.41, 5.74) is 0.313. The van der Waals surface area contributed by atoms with Crippen LogP contribution in [0.25, 0.3) is 0 Å². The van der Waals surface area contributed by atoms with Crippen molar-refractivity contribution in [3.05, 3.63) is 10.7 Å². The topological polar surface area (TPSA) is 17.1 Å². The average Bonchev–Trinajstić information content (AvgIpc) is 2.48. The summed E-state index contributed by atoms with van der Waals surface area (Å²) in [5.74, 6) is 0.676. The quantitative estimate of drug-likeness (QED) is 0.463. The Bertz CT molecular complexity index is 366. The van der Waals surface area contributed by atoms with E-state index in [4.69, 9.17) is 12.6 Å². The van der Waals surface area contributed by atoms with Gasteiger partial charge in [0, 0.05) is 17.1 Å². The molecule has 0 aliphatic heterocycles. The molecule has 2 fully saturated rings. The lowest BCUT2D eigenvalue weighted by Crippen LogP contribution is -2.54. The Morgan fingerprint density at radius 1 is 1.42 bits per heavy atom. The molecule has 0 aromatic heterocycles. The molecule has 0 radical (unpaired) electrons. The first-order valence-electron chi connectivity index (χ1n) is 7.16. The van der Waals surface area contributed by atoms with Crippen LogP contribution in [-0.4, -0.2) is 10.5 Å². The number of ketones is 1. The van der Waals surface area contributed by atoms with Crippen molar-refractivity contribution >= 4 is 41.0 Å². The molecule has 19 heavy (non-hydrogen) atoms. The lowest BCUT2D eigenvalue weighted by atomic mass is 9.51. The van der Waals surface area contributed by atoms with Gasteiger partial charge in [-0.15, -0.1) is 0 Å². The van der Waals surface area contributed by atoms with Gasteiger partial charge in [0.05, 0.1) is 0 Å². The smallest absolute Gasteiger partial charge is 0.137 e. The van der Waals surface area contributed by atoms with E-state index in [-0.39, 0.29) is 21.5 Å². The summed E-state index contributed by atoms with van der Waals surface area (Å²) >= 11 is 7.01. The first-order chi connectivity index (χ1) is 8.70. The van der Waals surface area contributed by atoms with Crippen molar-refractivity contribution in [1.82, 2.24) is 0 Å². The number of fused-ring (bicyclic) bond motifs is 1. The molecule has 0 N–H and O–H groups in total. The van der Waals surface area contributed by atoms with Crippen molar-refractivity contribution in [3.63, 3.8) is 0 Å². The highest BCUT2D eigenvalue weighted by molar-refractivity contribution is 14.1. The van der Waals surface area contributed by atoms with Gasteiger partial charge < -0.3 is 0 Å². The summed E-state index contributed by atoms with van der Waals surface area (Å²) in [7, 11) is 0. The minimum absolute atomic E-state index is 0.0491. The molecule has 3 heteroatoms. The van der Waals surface area contributed by atoms with E-state index >= 15 is 0 Å². The molecule has 0 aromatic rings. The molecule has 3 atom stereocenters. The number of Topliss-reactive ketones (excluding diaryl/α,β-unsaturated/α-hetero) is 1. The van der Waals surface area contributed by atoms with Crippen molar-refractivity contribution < 1.29 is 4.79 Å². The van der Waals surface area contributed by atoms with Crippen molar-refractivity contribution in [3.8, 4) is 0 Å². The molecule has 0 bridgehead atoms. The Kier molecular flexibility index (Phi) is 5.62. The molecule has 1 nitrogen and oxygen atoms in total. The average molecular weight is 394 g/mol. The Morgan fingerprint density at radius 3 is 2.42 bits per heavy atom. The molecule has 0 saturated heterocycles. The van der Waals surface area contributed by atoms with Gasteiger partial charge in [-0.25, -0.2) is 0 Å².